The van der Waals surface area contributed by atoms with Crippen LogP contribution < -0.4 is 0 Å². The molecule has 0 fully saturated rings. The number of aliphatic imine (C=N–C) groups is 1. The number of nitrogens with zero attached hydrogens (tertiary/aromatic N) is 3. The van der Waals surface area contributed by atoms with E-state index in [1.165, 1.54) is 29.6 Å². The van der Waals surface area contributed by atoms with Crippen molar-refractivity contribution in [3.63, 3.8) is 0 Å². The molecule has 2 aromatic rings. The van der Waals surface area contributed by atoms with Gasteiger partial charge in [-0.05, 0) is 25.3 Å². The fraction of sp³-hybridized carbons (Fsp3) is 0.385. The van der Waals surface area contributed by atoms with E-state index in [2.05, 4.69) is 32.7 Å². The molecule has 0 N–H and O–H groups in total. The van der Waals surface area contributed by atoms with Gasteiger partial charge in [0.05, 0.1) is 17.4 Å². The molecule has 1 aliphatic heterocycles. The maximum absolute atomic E-state index is 4.63. The first kappa shape index (κ1) is 9.58. The van der Waals surface area contributed by atoms with Crippen molar-refractivity contribution >= 4 is 16.7 Å². The standard InChI is InChI=1S/C13H15N3/c1-16-9-15-13-10(5-4-7-12(13)16)11-6-2-3-8-14-11/h4-5,7,9H,2-3,6,8H2,1H3. The second kappa shape index (κ2) is 3.74. The normalized spacial score (nSPS) is 16.4. The van der Waals surface area contributed by atoms with Crippen LogP contribution in [0.15, 0.2) is 29.5 Å². The van der Waals surface area contributed by atoms with Crippen LogP contribution in [-0.4, -0.2) is 21.8 Å². The molecule has 0 aliphatic carbocycles. The maximum atomic E-state index is 4.63. The Hall–Kier alpha value is -1.64. The average molecular weight is 213 g/mol. The van der Waals surface area contributed by atoms with Gasteiger partial charge in [0.1, 0.15) is 0 Å². The van der Waals surface area contributed by atoms with E-state index in [4.69, 9.17) is 0 Å². The van der Waals surface area contributed by atoms with Gasteiger partial charge in [0.2, 0.25) is 0 Å². The zero-order valence-electron chi connectivity index (χ0n) is 9.48. The highest BCUT2D eigenvalue weighted by Gasteiger charge is 2.12. The molecule has 0 radical (unpaired) electrons. The Morgan fingerprint density at radius 3 is 3.00 bits per heavy atom. The lowest BCUT2D eigenvalue weighted by molar-refractivity contribution is 0.739. The Morgan fingerprint density at radius 1 is 1.25 bits per heavy atom. The van der Waals surface area contributed by atoms with Gasteiger partial charge in [-0.3, -0.25) is 4.99 Å². The molecule has 1 aromatic carbocycles. The molecule has 0 unspecified atom stereocenters. The third kappa shape index (κ3) is 1.43. The van der Waals surface area contributed by atoms with Gasteiger partial charge in [0.25, 0.3) is 0 Å². The van der Waals surface area contributed by atoms with Gasteiger partial charge >= 0.3 is 0 Å². The van der Waals surface area contributed by atoms with Crippen molar-refractivity contribution < 1.29 is 0 Å². The van der Waals surface area contributed by atoms with Gasteiger partial charge in [-0.15, -0.1) is 0 Å². The molecule has 3 nitrogen and oxygen atoms in total. The monoisotopic (exact) mass is 213 g/mol. The van der Waals surface area contributed by atoms with E-state index in [9.17, 15) is 0 Å². The summed E-state index contributed by atoms with van der Waals surface area (Å²) in [7, 11) is 2.03. The first-order valence-electron chi connectivity index (χ1n) is 5.80. The second-order valence-corrected chi connectivity index (χ2v) is 4.31. The van der Waals surface area contributed by atoms with Crippen molar-refractivity contribution in [1.82, 2.24) is 9.55 Å². The summed E-state index contributed by atoms with van der Waals surface area (Å²) in [6.07, 6.45) is 5.44. The fourth-order valence-corrected chi connectivity index (χ4v) is 2.31. The lowest BCUT2D eigenvalue weighted by atomic mass is 10.0. The predicted octanol–water partition coefficient (Wildman–Crippen LogP) is 2.55. The van der Waals surface area contributed by atoms with Gasteiger partial charge in [-0.25, -0.2) is 4.98 Å². The Labute approximate surface area is 94.8 Å². The minimum absolute atomic E-state index is 0.971. The smallest absolute Gasteiger partial charge is 0.0975 e. The molecule has 0 saturated heterocycles. The van der Waals surface area contributed by atoms with E-state index in [0.717, 1.165) is 18.5 Å². The number of hydrogen-bond donors (Lipinski definition) is 0. The molecule has 3 rings (SSSR count). The van der Waals surface area contributed by atoms with Gasteiger partial charge in [0, 0.05) is 24.9 Å². The van der Waals surface area contributed by atoms with E-state index < -0.39 is 0 Å². The number of benzene rings is 1. The zero-order valence-corrected chi connectivity index (χ0v) is 9.48. The molecule has 0 saturated carbocycles. The summed E-state index contributed by atoms with van der Waals surface area (Å²) in [6, 6.07) is 6.34. The third-order valence-corrected chi connectivity index (χ3v) is 3.19. The topological polar surface area (TPSA) is 30.2 Å². The van der Waals surface area contributed by atoms with Crippen LogP contribution in [-0.2, 0) is 7.05 Å². The summed E-state index contributed by atoms with van der Waals surface area (Å²) < 4.78 is 2.06. The summed E-state index contributed by atoms with van der Waals surface area (Å²) in [5, 5.41) is 0. The molecule has 0 amide bonds. The highest BCUT2D eigenvalue weighted by atomic mass is 15.0. The van der Waals surface area contributed by atoms with E-state index >= 15 is 0 Å². The minimum atomic E-state index is 0.971. The Morgan fingerprint density at radius 2 is 2.19 bits per heavy atom. The number of imidazole rings is 1. The molecule has 2 heterocycles. The molecule has 1 aromatic heterocycles. The Balaban J connectivity index is 2.19. The van der Waals surface area contributed by atoms with E-state index in [1.54, 1.807) is 0 Å². The highest BCUT2D eigenvalue weighted by Crippen LogP contribution is 2.21. The van der Waals surface area contributed by atoms with Gasteiger partial charge in [-0.2, -0.15) is 0 Å². The predicted molar refractivity (Wildman–Crippen MR) is 66.0 cm³/mol. The first-order valence-corrected chi connectivity index (χ1v) is 5.80. The van der Waals surface area contributed by atoms with Gasteiger partial charge < -0.3 is 4.57 Å². The second-order valence-electron chi connectivity index (χ2n) is 4.31. The minimum Gasteiger partial charge on any atom is -0.334 e. The summed E-state index contributed by atoms with van der Waals surface area (Å²) in [5.41, 5.74) is 4.73. The van der Waals surface area contributed by atoms with Crippen molar-refractivity contribution in [3.8, 4) is 0 Å². The van der Waals surface area contributed by atoms with E-state index in [-0.39, 0.29) is 0 Å². The van der Waals surface area contributed by atoms with Crippen LogP contribution in [0.25, 0.3) is 11.0 Å². The van der Waals surface area contributed by atoms with Crippen LogP contribution in [0.2, 0.25) is 0 Å². The molecule has 0 atom stereocenters. The van der Waals surface area contributed by atoms with Crippen LogP contribution in [0.3, 0.4) is 0 Å². The molecule has 0 spiro atoms. The van der Waals surface area contributed by atoms with Crippen LogP contribution in [0, 0.1) is 0 Å². The Kier molecular flexibility index (Phi) is 2.24. The number of para-hydroxylation sites is 1. The van der Waals surface area contributed by atoms with Crippen molar-refractivity contribution in [2.75, 3.05) is 6.54 Å². The number of hydrogen-bond acceptors (Lipinski definition) is 2. The van der Waals surface area contributed by atoms with Crippen molar-refractivity contribution in [2.45, 2.75) is 19.3 Å². The number of rotatable bonds is 1. The number of aromatic nitrogens is 2. The van der Waals surface area contributed by atoms with Crippen molar-refractivity contribution in [2.24, 2.45) is 12.0 Å². The number of aryl methyl sites for hydroxylation is 1. The lowest BCUT2D eigenvalue weighted by Crippen LogP contribution is -2.08. The summed E-state index contributed by atoms with van der Waals surface area (Å²) in [4.78, 5) is 9.10. The molecule has 1 aliphatic rings. The molecular formula is C13H15N3. The van der Waals surface area contributed by atoms with Gasteiger partial charge in [-0.1, -0.05) is 12.1 Å². The maximum Gasteiger partial charge on any atom is 0.0975 e. The zero-order chi connectivity index (χ0) is 11.0. The Bertz CT molecular complexity index is 551. The lowest BCUT2D eigenvalue weighted by Gasteiger charge is -2.12. The summed E-state index contributed by atoms with van der Waals surface area (Å²) >= 11 is 0. The third-order valence-electron chi connectivity index (χ3n) is 3.19. The van der Waals surface area contributed by atoms with Crippen LogP contribution in [0.1, 0.15) is 24.8 Å². The van der Waals surface area contributed by atoms with Gasteiger partial charge in [0.15, 0.2) is 0 Å². The van der Waals surface area contributed by atoms with Crippen LogP contribution >= 0.6 is 0 Å². The summed E-state index contributed by atoms with van der Waals surface area (Å²) in [5.74, 6) is 0. The van der Waals surface area contributed by atoms with Crippen LogP contribution in [0.5, 0.6) is 0 Å². The molecule has 0 bridgehead atoms. The average Bonchev–Trinajstić information content (AvgIpc) is 2.73. The SMILES string of the molecule is Cn1cnc2c(C3=NCCCC3)cccc21. The quantitative estimate of drug-likeness (QED) is 0.716. The molecule has 16 heavy (non-hydrogen) atoms. The molecule has 3 heteroatoms. The molecule has 82 valence electrons. The number of fused-ring (bicyclic) bond motifs is 1. The van der Waals surface area contributed by atoms with E-state index in [1.807, 2.05) is 13.4 Å². The fourth-order valence-electron chi connectivity index (χ4n) is 2.31. The highest BCUT2D eigenvalue weighted by molar-refractivity contribution is 6.09. The largest absolute Gasteiger partial charge is 0.334 e. The first-order chi connectivity index (χ1) is 7.86. The van der Waals surface area contributed by atoms with Crippen LogP contribution in [0.4, 0.5) is 0 Å². The van der Waals surface area contributed by atoms with Crippen molar-refractivity contribution in [3.05, 3.63) is 30.1 Å². The van der Waals surface area contributed by atoms with E-state index in [0.29, 0.717) is 0 Å². The van der Waals surface area contributed by atoms with Crippen molar-refractivity contribution in [1.29, 1.82) is 0 Å². The summed E-state index contributed by atoms with van der Waals surface area (Å²) in [6.45, 7) is 0.971. The molecular weight excluding hydrogens is 198 g/mol.